The second-order valence-electron chi connectivity index (χ2n) is 15.6. The Bertz CT molecular complexity index is 1060. The Kier molecular flexibility index (Phi) is 8.79. The summed E-state index contributed by atoms with van der Waals surface area (Å²) in [7, 11) is 0. The molecule has 0 saturated heterocycles. The van der Waals surface area contributed by atoms with Crippen molar-refractivity contribution in [1.82, 2.24) is 4.72 Å². The summed E-state index contributed by atoms with van der Waals surface area (Å²) < 4.78 is 15.8. The van der Waals surface area contributed by atoms with Gasteiger partial charge in [-0.15, -0.1) is 4.72 Å². The van der Waals surface area contributed by atoms with Gasteiger partial charge in [0.2, 0.25) is 0 Å². The number of carbonyl (C=O) groups is 2. The molecular formula is C33H54N2O3S. The first-order valence-electron chi connectivity index (χ1n) is 15.0. The highest BCUT2D eigenvalue weighted by atomic mass is 32.2. The molecule has 0 aromatic heterocycles. The molecule has 3 aliphatic carbocycles. The minimum Gasteiger partial charge on any atom is -0.598 e. The third-order valence-electron chi connectivity index (χ3n) is 12.5. The van der Waals surface area contributed by atoms with E-state index in [-0.39, 0.29) is 50.9 Å². The number of carbonyl (C=O) groups excluding carboxylic acids is 2. The van der Waals surface area contributed by atoms with Crippen LogP contribution in [0.1, 0.15) is 121 Å². The van der Waals surface area contributed by atoms with Crippen LogP contribution in [0, 0.1) is 56.2 Å². The number of nitrogens with zero attached hydrogens (tertiary/aromatic N) is 1. The Morgan fingerprint density at radius 3 is 2.26 bits per heavy atom. The molecular weight excluding hydrogens is 504 g/mol. The van der Waals surface area contributed by atoms with Crippen molar-refractivity contribution < 1.29 is 14.1 Å². The van der Waals surface area contributed by atoms with Gasteiger partial charge in [0.1, 0.15) is 18.1 Å². The summed E-state index contributed by atoms with van der Waals surface area (Å²) in [6, 6.07) is 2.20. The Labute approximate surface area is 241 Å². The minimum atomic E-state index is -1.14. The SMILES string of the molecule is CCC(C)(C)CC[C@@](C)(CC[C@]1(C)C(C)C(=O)C[C@@H]2[C@@]3(C)C=C(C#N)C(=O)C(C)(C)C3CC[C@]21C)N[S+](C)[O-]. The molecule has 3 unspecified atom stereocenters. The molecule has 0 amide bonds. The molecule has 0 spiro atoms. The molecule has 0 radical (unpaired) electrons. The van der Waals surface area contributed by atoms with Crippen molar-refractivity contribution in [3.63, 3.8) is 0 Å². The maximum absolute atomic E-state index is 13.8. The number of hydrogen-bond acceptors (Lipinski definition) is 5. The van der Waals surface area contributed by atoms with Crippen molar-refractivity contribution in [2.24, 2.45) is 44.8 Å². The highest BCUT2D eigenvalue weighted by Crippen LogP contribution is 2.71. The predicted octanol–water partition coefficient (Wildman–Crippen LogP) is 7.34. The average molecular weight is 559 g/mol. The summed E-state index contributed by atoms with van der Waals surface area (Å²) in [5.74, 6) is 0.318. The van der Waals surface area contributed by atoms with Gasteiger partial charge in [-0.2, -0.15) is 5.26 Å². The molecule has 39 heavy (non-hydrogen) atoms. The van der Waals surface area contributed by atoms with Gasteiger partial charge in [-0.05, 0) is 78.9 Å². The highest BCUT2D eigenvalue weighted by molar-refractivity contribution is 7.88. The standard InChI is InChI=1S/C33H54N2O3S/c1-12-28(3,4)15-16-30(7,35-39(11)38)17-18-32(9)22(2)24(36)19-26-31(8)20-23(21-34)27(37)29(5,6)25(31)13-14-33(26,32)10/h20,22,25-26,35H,12-19H2,1-11H3/t22?,25?,26-,30+,31+,32-,33-,39?/m1/s1. The molecule has 0 aromatic rings. The zero-order valence-corrected chi connectivity index (χ0v) is 27.4. The van der Waals surface area contributed by atoms with Crippen LogP contribution in [-0.4, -0.2) is 27.9 Å². The fraction of sp³-hybridized carbons (Fsp3) is 0.848. The van der Waals surface area contributed by atoms with E-state index < -0.39 is 22.2 Å². The molecule has 0 heterocycles. The van der Waals surface area contributed by atoms with E-state index in [0.29, 0.717) is 12.2 Å². The Morgan fingerprint density at radius 2 is 1.72 bits per heavy atom. The van der Waals surface area contributed by atoms with Crippen LogP contribution in [0.3, 0.4) is 0 Å². The van der Waals surface area contributed by atoms with Gasteiger partial charge in [0.15, 0.2) is 5.78 Å². The van der Waals surface area contributed by atoms with Gasteiger partial charge < -0.3 is 4.55 Å². The van der Waals surface area contributed by atoms with Crippen LogP contribution in [0.4, 0.5) is 0 Å². The second kappa shape index (κ2) is 10.6. The van der Waals surface area contributed by atoms with Crippen LogP contribution in [0.2, 0.25) is 0 Å². The number of nitrogens with one attached hydrogen (secondary N) is 1. The van der Waals surface area contributed by atoms with E-state index in [9.17, 15) is 19.4 Å². The summed E-state index contributed by atoms with van der Waals surface area (Å²) in [6.07, 6.45) is 10.8. The van der Waals surface area contributed by atoms with E-state index in [0.717, 1.165) is 44.9 Å². The van der Waals surface area contributed by atoms with Gasteiger partial charge in [-0.1, -0.05) is 74.8 Å². The number of Topliss-reactive ketones (excluding diaryl/α,β-unsaturated/α-hetero) is 2. The Hall–Kier alpha value is -1.16. The maximum Gasteiger partial charge on any atom is 0.178 e. The quantitative estimate of drug-likeness (QED) is 0.299. The molecule has 0 aliphatic heterocycles. The largest absolute Gasteiger partial charge is 0.598 e. The summed E-state index contributed by atoms with van der Waals surface area (Å²) in [6.45, 7) is 22.0. The summed E-state index contributed by atoms with van der Waals surface area (Å²) in [4.78, 5) is 27.0. The zero-order valence-electron chi connectivity index (χ0n) is 26.5. The number of nitriles is 1. The summed E-state index contributed by atoms with van der Waals surface area (Å²) in [5.41, 5.74) is -1.23. The summed E-state index contributed by atoms with van der Waals surface area (Å²) in [5, 5.41) is 9.89. The molecule has 1 N–H and O–H groups in total. The molecule has 0 bridgehead atoms. The van der Waals surface area contributed by atoms with Crippen molar-refractivity contribution in [2.75, 3.05) is 6.26 Å². The third-order valence-corrected chi connectivity index (χ3v) is 13.3. The van der Waals surface area contributed by atoms with Gasteiger partial charge >= 0.3 is 0 Å². The first-order valence-corrected chi connectivity index (χ1v) is 16.6. The Balaban J connectivity index is 2.03. The number of ketones is 2. The Morgan fingerprint density at radius 1 is 1.10 bits per heavy atom. The zero-order chi connectivity index (χ0) is 29.8. The number of hydrogen-bond donors (Lipinski definition) is 1. The van der Waals surface area contributed by atoms with Crippen LogP contribution in [-0.2, 0) is 21.0 Å². The molecule has 0 aromatic carbocycles. The molecule has 2 fully saturated rings. The van der Waals surface area contributed by atoms with Gasteiger partial charge in [0.05, 0.1) is 11.1 Å². The minimum absolute atomic E-state index is 0.0567. The lowest BCUT2D eigenvalue weighted by Gasteiger charge is -2.68. The van der Waals surface area contributed by atoms with E-state index in [2.05, 4.69) is 66.2 Å². The number of rotatable bonds is 9. The molecule has 3 aliphatic rings. The molecule has 220 valence electrons. The van der Waals surface area contributed by atoms with E-state index in [4.69, 9.17) is 0 Å². The van der Waals surface area contributed by atoms with Crippen LogP contribution >= 0.6 is 0 Å². The van der Waals surface area contributed by atoms with Crippen LogP contribution < -0.4 is 4.72 Å². The molecule has 8 atom stereocenters. The van der Waals surface area contributed by atoms with Crippen LogP contribution in [0.5, 0.6) is 0 Å². The van der Waals surface area contributed by atoms with Crippen molar-refractivity contribution in [1.29, 1.82) is 5.26 Å². The molecule has 3 rings (SSSR count). The molecule has 6 heteroatoms. The second-order valence-corrected chi connectivity index (χ2v) is 16.7. The fourth-order valence-electron chi connectivity index (χ4n) is 8.92. The summed E-state index contributed by atoms with van der Waals surface area (Å²) >= 11 is -1.14. The lowest BCUT2D eigenvalue weighted by atomic mass is 9.35. The molecule has 2 saturated carbocycles. The third kappa shape index (κ3) is 5.42. The van der Waals surface area contributed by atoms with Gasteiger partial charge in [0.25, 0.3) is 0 Å². The smallest absolute Gasteiger partial charge is 0.178 e. The van der Waals surface area contributed by atoms with E-state index >= 15 is 0 Å². The number of fused-ring (bicyclic) bond motifs is 3. The first kappa shape index (κ1) is 32.4. The fourth-order valence-corrected chi connectivity index (χ4v) is 9.82. The van der Waals surface area contributed by atoms with Crippen LogP contribution in [0.15, 0.2) is 11.6 Å². The lowest BCUT2D eigenvalue weighted by molar-refractivity contribution is -0.187. The van der Waals surface area contributed by atoms with Gasteiger partial charge in [-0.25, -0.2) is 0 Å². The maximum atomic E-state index is 13.8. The van der Waals surface area contributed by atoms with Crippen molar-refractivity contribution >= 4 is 22.9 Å². The highest BCUT2D eigenvalue weighted by Gasteiger charge is 2.67. The van der Waals surface area contributed by atoms with E-state index in [1.54, 1.807) is 6.26 Å². The normalized spacial score (nSPS) is 38.6. The van der Waals surface area contributed by atoms with E-state index in [1.807, 2.05) is 19.9 Å². The molecule has 5 nitrogen and oxygen atoms in total. The monoisotopic (exact) mass is 558 g/mol. The van der Waals surface area contributed by atoms with Gasteiger partial charge in [-0.3, -0.25) is 9.59 Å². The van der Waals surface area contributed by atoms with Crippen molar-refractivity contribution in [3.05, 3.63) is 11.6 Å². The lowest BCUT2D eigenvalue weighted by Crippen LogP contribution is -2.64. The van der Waals surface area contributed by atoms with Crippen molar-refractivity contribution in [2.45, 2.75) is 126 Å². The van der Waals surface area contributed by atoms with Gasteiger partial charge in [0, 0.05) is 29.1 Å². The predicted molar refractivity (Wildman–Crippen MR) is 160 cm³/mol. The topological polar surface area (TPSA) is 93.0 Å². The van der Waals surface area contributed by atoms with Crippen molar-refractivity contribution in [3.8, 4) is 6.07 Å². The first-order chi connectivity index (χ1) is 17.7. The van der Waals surface area contributed by atoms with Crippen LogP contribution in [0.25, 0.3) is 0 Å². The van der Waals surface area contributed by atoms with E-state index in [1.165, 1.54) is 0 Å². The number of allylic oxidation sites excluding steroid dienone is 2. The average Bonchev–Trinajstić information content (AvgIpc) is 2.84.